The van der Waals surface area contributed by atoms with Crippen molar-refractivity contribution < 1.29 is 18.7 Å². The second-order valence-electron chi connectivity index (χ2n) is 6.74. The quantitative estimate of drug-likeness (QED) is 0.405. The number of esters is 1. The number of hydrogen-bond acceptors (Lipinski definition) is 5. The van der Waals surface area contributed by atoms with E-state index >= 15 is 4.39 Å². The minimum Gasteiger partial charge on any atom is -0.452 e. The highest BCUT2D eigenvalue weighted by Gasteiger charge is 2.63. The molecule has 2 heterocycles. The summed E-state index contributed by atoms with van der Waals surface area (Å²) < 4.78 is 28.4. The highest BCUT2D eigenvalue weighted by atomic mass is 127. The fourth-order valence-electron chi connectivity index (χ4n) is 3.19. The first kappa shape index (κ1) is 19.7. The summed E-state index contributed by atoms with van der Waals surface area (Å²) in [6, 6.07) is 9.35. The fraction of sp³-hybridized carbons (Fsp3) is 0.389. The van der Waals surface area contributed by atoms with E-state index in [9.17, 15) is 14.4 Å². The van der Waals surface area contributed by atoms with Crippen molar-refractivity contribution in [1.82, 2.24) is 9.55 Å². The molecule has 0 unspecified atom stereocenters. The Balaban J connectivity index is 1.98. The van der Waals surface area contributed by atoms with Crippen LogP contribution in [0.2, 0.25) is 0 Å². The number of benzene rings is 1. The number of hydrogen-bond donors (Lipinski definition) is 1. The number of nitrogens with zero attached hydrogens (tertiary/aromatic N) is 1. The van der Waals surface area contributed by atoms with Crippen molar-refractivity contribution in [3.63, 3.8) is 0 Å². The van der Waals surface area contributed by atoms with Gasteiger partial charge < -0.3 is 9.47 Å². The third-order valence-electron chi connectivity index (χ3n) is 4.53. The van der Waals surface area contributed by atoms with Crippen LogP contribution in [0, 0.1) is 0 Å². The first-order valence-electron chi connectivity index (χ1n) is 8.19. The number of nitrogens with one attached hydrogen (secondary N) is 1. The minimum atomic E-state index is -2.22. The van der Waals surface area contributed by atoms with Crippen LogP contribution in [0.1, 0.15) is 30.4 Å². The van der Waals surface area contributed by atoms with Gasteiger partial charge in [0.25, 0.3) is 5.56 Å². The van der Waals surface area contributed by atoms with E-state index in [4.69, 9.17) is 9.47 Å². The molecule has 7 nitrogen and oxygen atoms in total. The van der Waals surface area contributed by atoms with Crippen molar-refractivity contribution in [2.24, 2.45) is 0 Å². The molecule has 1 aliphatic heterocycles. The van der Waals surface area contributed by atoms with Gasteiger partial charge in [0.05, 0.1) is 5.56 Å². The van der Waals surface area contributed by atoms with E-state index in [0.29, 0.717) is 4.43 Å². The zero-order valence-corrected chi connectivity index (χ0v) is 16.8. The van der Waals surface area contributed by atoms with Crippen LogP contribution >= 0.6 is 22.6 Å². The Hall–Kier alpha value is -2.01. The van der Waals surface area contributed by atoms with E-state index in [-0.39, 0.29) is 5.56 Å². The molecule has 144 valence electrons. The first-order chi connectivity index (χ1) is 12.7. The van der Waals surface area contributed by atoms with E-state index in [1.165, 1.54) is 13.1 Å². The zero-order chi connectivity index (χ0) is 19.8. The van der Waals surface area contributed by atoms with Gasteiger partial charge in [0.15, 0.2) is 18.0 Å². The minimum absolute atomic E-state index is 0.286. The highest BCUT2D eigenvalue weighted by molar-refractivity contribution is 14.1. The van der Waals surface area contributed by atoms with Crippen LogP contribution in [0.5, 0.6) is 0 Å². The number of rotatable bonds is 4. The van der Waals surface area contributed by atoms with Gasteiger partial charge >= 0.3 is 11.7 Å². The lowest BCUT2D eigenvalue weighted by Gasteiger charge is -2.31. The Morgan fingerprint density at radius 1 is 1.30 bits per heavy atom. The molecule has 1 saturated heterocycles. The Bertz CT molecular complexity index is 958. The number of carbonyl (C=O) groups is 1. The second kappa shape index (κ2) is 7.19. The molecule has 0 spiro atoms. The molecular formula is C18H18FIN2O5. The maximum absolute atomic E-state index is 15.8. The number of H-pyrrole nitrogens is 1. The summed E-state index contributed by atoms with van der Waals surface area (Å²) in [5.41, 5.74) is -4.50. The molecule has 1 aromatic carbocycles. The van der Waals surface area contributed by atoms with Crippen LogP contribution in [0.25, 0.3) is 0 Å². The van der Waals surface area contributed by atoms with E-state index in [1.54, 1.807) is 37.3 Å². The van der Waals surface area contributed by atoms with Gasteiger partial charge in [0.1, 0.15) is 5.60 Å². The van der Waals surface area contributed by atoms with Gasteiger partial charge in [-0.3, -0.25) is 14.3 Å². The summed E-state index contributed by atoms with van der Waals surface area (Å²) >= 11 is 2.01. The summed E-state index contributed by atoms with van der Waals surface area (Å²) in [4.78, 5) is 38.0. The Labute approximate surface area is 167 Å². The highest BCUT2D eigenvalue weighted by Crippen LogP contribution is 2.48. The maximum atomic E-state index is 15.8. The fourth-order valence-corrected chi connectivity index (χ4v) is 3.77. The van der Waals surface area contributed by atoms with Gasteiger partial charge in [-0.05, 0) is 26.0 Å². The van der Waals surface area contributed by atoms with Gasteiger partial charge in [0, 0.05) is 16.7 Å². The number of aromatic amines is 1. The number of ether oxygens (including phenoxy) is 2. The van der Waals surface area contributed by atoms with Crippen LogP contribution in [0.15, 0.2) is 52.2 Å². The molecule has 3 rings (SSSR count). The summed E-state index contributed by atoms with van der Waals surface area (Å²) in [5.74, 6) is -0.682. The average molecular weight is 488 g/mol. The Kier molecular flexibility index (Phi) is 5.26. The molecule has 1 N–H and O–H groups in total. The van der Waals surface area contributed by atoms with Gasteiger partial charge in [-0.15, -0.1) is 0 Å². The molecule has 9 heteroatoms. The van der Waals surface area contributed by atoms with Gasteiger partial charge in [-0.1, -0.05) is 40.8 Å². The molecule has 1 aliphatic rings. The number of halogens is 2. The largest absolute Gasteiger partial charge is 0.452 e. The maximum Gasteiger partial charge on any atom is 0.338 e. The summed E-state index contributed by atoms with van der Waals surface area (Å²) in [6.07, 6.45) is -1.47. The van der Waals surface area contributed by atoms with Crippen LogP contribution in [-0.2, 0) is 9.47 Å². The standard InChI is InChI=1S/C18H18FIN2O5/c1-17(10-20)14(26-13(24)11-6-4-3-5-7-11)18(2,19)15(27-17)22-9-8-12(23)21-16(22)25/h3-9,14-15H,10H2,1-2H3,(H,21,23,25)/t14-,15-,17-,18-/m1/s1. The summed E-state index contributed by atoms with van der Waals surface area (Å²) in [7, 11) is 0. The SMILES string of the molecule is C[C@]1(F)[C@H](n2ccc(=O)[nH]c2=O)O[C@](C)(CI)[C@H]1OC(=O)c1ccccc1. The van der Waals surface area contributed by atoms with Crippen molar-refractivity contribution in [2.45, 2.75) is 37.4 Å². The third kappa shape index (κ3) is 3.57. The van der Waals surface area contributed by atoms with Crippen molar-refractivity contribution in [1.29, 1.82) is 0 Å². The summed E-state index contributed by atoms with van der Waals surface area (Å²) in [6.45, 7) is 2.84. The molecule has 1 aromatic heterocycles. The van der Waals surface area contributed by atoms with Crippen LogP contribution in [0.4, 0.5) is 4.39 Å². The lowest BCUT2D eigenvalue weighted by Crippen LogP contribution is -2.49. The molecule has 2 aromatic rings. The zero-order valence-electron chi connectivity index (χ0n) is 14.6. The molecular weight excluding hydrogens is 470 g/mol. The molecule has 0 bridgehead atoms. The Morgan fingerprint density at radius 3 is 2.56 bits per heavy atom. The van der Waals surface area contributed by atoms with Gasteiger partial charge in [0.2, 0.25) is 0 Å². The molecule has 1 fully saturated rings. The van der Waals surface area contributed by atoms with E-state index in [2.05, 4.69) is 4.98 Å². The van der Waals surface area contributed by atoms with Crippen LogP contribution < -0.4 is 11.2 Å². The van der Waals surface area contributed by atoms with Crippen molar-refractivity contribution in [3.05, 3.63) is 69.0 Å². The van der Waals surface area contributed by atoms with Crippen molar-refractivity contribution >= 4 is 28.6 Å². The molecule has 4 atom stereocenters. The monoisotopic (exact) mass is 488 g/mol. The van der Waals surface area contributed by atoms with Crippen LogP contribution in [0.3, 0.4) is 0 Å². The number of alkyl halides is 2. The third-order valence-corrected chi connectivity index (χ3v) is 6.05. The van der Waals surface area contributed by atoms with E-state index in [1.807, 2.05) is 22.6 Å². The van der Waals surface area contributed by atoms with Crippen molar-refractivity contribution in [2.75, 3.05) is 4.43 Å². The molecule has 0 aliphatic carbocycles. The normalized spacial score (nSPS) is 30.2. The second-order valence-corrected chi connectivity index (χ2v) is 7.50. The summed E-state index contributed by atoms with van der Waals surface area (Å²) in [5, 5.41) is 0. The van der Waals surface area contributed by atoms with Crippen molar-refractivity contribution in [3.8, 4) is 0 Å². The number of carbonyl (C=O) groups excluding carboxylic acids is 1. The smallest absolute Gasteiger partial charge is 0.338 e. The number of aromatic nitrogens is 2. The molecule has 0 amide bonds. The van der Waals surface area contributed by atoms with Gasteiger partial charge in [-0.2, -0.15) is 0 Å². The van der Waals surface area contributed by atoms with E-state index < -0.39 is 40.8 Å². The predicted octanol–water partition coefficient (Wildman–Crippen LogP) is 2.21. The topological polar surface area (TPSA) is 90.4 Å². The van der Waals surface area contributed by atoms with E-state index in [0.717, 1.165) is 10.6 Å². The Morgan fingerprint density at radius 2 is 1.96 bits per heavy atom. The first-order valence-corrected chi connectivity index (χ1v) is 9.72. The molecule has 27 heavy (non-hydrogen) atoms. The lowest BCUT2D eigenvalue weighted by molar-refractivity contribution is -0.0831. The lowest BCUT2D eigenvalue weighted by atomic mass is 9.91. The van der Waals surface area contributed by atoms with Gasteiger partial charge in [-0.25, -0.2) is 14.0 Å². The molecule has 0 saturated carbocycles. The predicted molar refractivity (Wildman–Crippen MR) is 104 cm³/mol. The van der Waals surface area contributed by atoms with Crippen LogP contribution in [-0.4, -0.2) is 37.3 Å². The molecule has 0 radical (unpaired) electrons. The average Bonchev–Trinajstić information content (AvgIpc) is 2.83.